The summed E-state index contributed by atoms with van der Waals surface area (Å²) >= 11 is 0. The van der Waals surface area contributed by atoms with Crippen molar-refractivity contribution in [3.63, 3.8) is 0 Å². The van der Waals surface area contributed by atoms with Crippen molar-refractivity contribution in [1.82, 2.24) is 20.0 Å². The Balaban J connectivity index is 1.29. The molecular formula is C19H24N4O3. The van der Waals surface area contributed by atoms with Gasteiger partial charge in [0, 0.05) is 24.6 Å². The van der Waals surface area contributed by atoms with Crippen molar-refractivity contribution in [3.05, 3.63) is 36.2 Å². The number of morpholine rings is 1. The van der Waals surface area contributed by atoms with Crippen LogP contribution in [0.1, 0.15) is 18.7 Å². The molecule has 0 unspecified atom stereocenters. The van der Waals surface area contributed by atoms with Crippen LogP contribution in [0.5, 0.6) is 0 Å². The van der Waals surface area contributed by atoms with E-state index in [-0.39, 0.29) is 11.8 Å². The quantitative estimate of drug-likeness (QED) is 0.832. The smallest absolute Gasteiger partial charge is 0.247 e. The minimum Gasteiger partial charge on any atom is -0.419 e. The lowest BCUT2D eigenvalue weighted by atomic mass is 9.95. The Morgan fingerprint density at radius 1 is 1.04 bits per heavy atom. The van der Waals surface area contributed by atoms with E-state index in [0.29, 0.717) is 31.5 Å². The van der Waals surface area contributed by atoms with Crippen molar-refractivity contribution in [2.45, 2.75) is 19.4 Å². The fraction of sp³-hybridized carbons (Fsp3) is 0.526. The molecule has 0 saturated carbocycles. The molecule has 7 nitrogen and oxygen atoms in total. The summed E-state index contributed by atoms with van der Waals surface area (Å²) < 4.78 is 11.1. The number of nitrogens with zero attached hydrogens (tertiary/aromatic N) is 4. The standard InChI is InChI=1S/C19H24N4O3/c24-19(23-10-12-25-13-11-23)16-6-8-22(9-7-16)14-17-20-21-18(26-17)15-4-2-1-3-5-15/h1-5,16H,6-14H2. The molecular weight excluding hydrogens is 332 g/mol. The fourth-order valence-corrected chi connectivity index (χ4v) is 3.59. The molecule has 2 saturated heterocycles. The van der Waals surface area contributed by atoms with Gasteiger partial charge in [-0.15, -0.1) is 10.2 Å². The van der Waals surface area contributed by atoms with Crippen LogP contribution in [0.15, 0.2) is 34.7 Å². The summed E-state index contributed by atoms with van der Waals surface area (Å²) in [5, 5.41) is 8.31. The Morgan fingerprint density at radius 2 is 1.77 bits per heavy atom. The van der Waals surface area contributed by atoms with Gasteiger partial charge in [0.25, 0.3) is 0 Å². The maximum absolute atomic E-state index is 12.6. The summed E-state index contributed by atoms with van der Waals surface area (Å²) in [5.41, 5.74) is 0.932. The molecule has 138 valence electrons. The van der Waals surface area contributed by atoms with Gasteiger partial charge in [0.1, 0.15) is 0 Å². The van der Waals surface area contributed by atoms with E-state index in [1.54, 1.807) is 0 Å². The van der Waals surface area contributed by atoms with Crippen molar-refractivity contribution >= 4 is 5.91 Å². The lowest BCUT2D eigenvalue weighted by Crippen LogP contribution is -2.46. The topological polar surface area (TPSA) is 71.7 Å². The Bertz CT molecular complexity index is 719. The van der Waals surface area contributed by atoms with E-state index in [1.165, 1.54) is 0 Å². The van der Waals surface area contributed by atoms with Gasteiger partial charge in [-0.05, 0) is 38.1 Å². The third-order valence-corrected chi connectivity index (χ3v) is 5.11. The molecule has 2 fully saturated rings. The number of hydrogen-bond donors (Lipinski definition) is 0. The lowest BCUT2D eigenvalue weighted by molar-refractivity contribution is -0.141. The highest BCUT2D eigenvalue weighted by molar-refractivity contribution is 5.79. The number of hydrogen-bond acceptors (Lipinski definition) is 6. The summed E-state index contributed by atoms with van der Waals surface area (Å²) in [6.45, 7) is 5.16. The van der Waals surface area contributed by atoms with Crippen LogP contribution in [-0.4, -0.2) is 65.3 Å². The Labute approximate surface area is 152 Å². The van der Waals surface area contributed by atoms with Crippen molar-refractivity contribution < 1.29 is 13.9 Å². The normalized spacial score (nSPS) is 19.6. The number of aromatic nitrogens is 2. The van der Waals surface area contributed by atoms with Gasteiger partial charge in [0.15, 0.2) is 0 Å². The molecule has 0 bridgehead atoms. The first kappa shape index (κ1) is 17.2. The number of likely N-dealkylation sites (tertiary alicyclic amines) is 1. The van der Waals surface area contributed by atoms with Crippen molar-refractivity contribution in [1.29, 1.82) is 0 Å². The summed E-state index contributed by atoms with van der Waals surface area (Å²) in [6.07, 6.45) is 1.77. The highest BCUT2D eigenvalue weighted by Crippen LogP contribution is 2.23. The molecule has 2 aromatic rings. The summed E-state index contributed by atoms with van der Waals surface area (Å²) in [4.78, 5) is 16.8. The predicted octanol–water partition coefficient (Wildman–Crippen LogP) is 1.81. The van der Waals surface area contributed by atoms with Gasteiger partial charge in [-0.1, -0.05) is 18.2 Å². The molecule has 7 heteroatoms. The molecule has 1 aromatic carbocycles. The molecule has 0 aliphatic carbocycles. The second-order valence-corrected chi connectivity index (χ2v) is 6.86. The molecule has 1 amide bonds. The molecule has 26 heavy (non-hydrogen) atoms. The van der Waals surface area contributed by atoms with Crippen LogP contribution < -0.4 is 0 Å². The van der Waals surface area contributed by atoms with Gasteiger partial charge in [-0.2, -0.15) is 0 Å². The van der Waals surface area contributed by atoms with E-state index in [4.69, 9.17) is 9.15 Å². The fourth-order valence-electron chi connectivity index (χ4n) is 3.59. The minimum atomic E-state index is 0.131. The summed E-state index contributed by atoms with van der Waals surface area (Å²) in [5.74, 6) is 1.60. The summed E-state index contributed by atoms with van der Waals surface area (Å²) in [6, 6.07) is 9.79. The zero-order chi connectivity index (χ0) is 17.8. The van der Waals surface area contributed by atoms with Crippen molar-refractivity contribution in [2.75, 3.05) is 39.4 Å². The van der Waals surface area contributed by atoms with Crippen LogP contribution in [0, 0.1) is 5.92 Å². The van der Waals surface area contributed by atoms with E-state index >= 15 is 0 Å². The van der Waals surface area contributed by atoms with Crippen LogP contribution in [0.4, 0.5) is 0 Å². The van der Waals surface area contributed by atoms with Gasteiger partial charge in [-0.3, -0.25) is 9.69 Å². The van der Waals surface area contributed by atoms with E-state index < -0.39 is 0 Å². The zero-order valence-corrected chi connectivity index (χ0v) is 14.8. The molecule has 2 aliphatic rings. The molecule has 0 radical (unpaired) electrons. The monoisotopic (exact) mass is 356 g/mol. The van der Waals surface area contributed by atoms with Crippen molar-refractivity contribution in [2.24, 2.45) is 5.92 Å². The first-order valence-corrected chi connectivity index (χ1v) is 9.26. The van der Waals surface area contributed by atoms with Crippen LogP contribution in [0.3, 0.4) is 0 Å². The molecule has 3 heterocycles. The Hall–Kier alpha value is -2.25. The second kappa shape index (κ2) is 7.97. The number of ether oxygens (including phenoxy) is 1. The molecule has 2 aliphatic heterocycles. The second-order valence-electron chi connectivity index (χ2n) is 6.86. The number of amides is 1. The zero-order valence-electron chi connectivity index (χ0n) is 14.8. The Morgan fingerprint density at radius 3 is 2.50 bits per heavy atom. The average molecular weight is 356 g/mol. The van der Waals surface area contributed by atoms with E-state index in [1.807, 2.05) is 35.2 Å². The largest absolute Gasteiger partial charge is 0.419 e. The third kappa shape index (κ3) is 3.94. The van der Waals surface area contributed by atoms with Gasteiger partial charge < -0.3 is 14.1 Å². The number of carbonyl (C=O) groups excluding carboxylic acids is 1. The van der Waals surface area contributed by atoms with E-state index in [9.17, 15) is 4.79 Å². The highest BCUT2D eigenvalue weighted by atomic mass is 16.5. The highest BCUT2D eigenvalue weighted by Gasteiger charge is 2.29. The number of rotatable bonds is 4. The van der Waals surface area contributed by atoms with Crippen LogP contribution in [0.2, 0.25) is 0 Å². The molecule has 0 spiro atoms. The van der Waals surface area contributed by atoms with Gasteiger partial charge in [0.05, 0.1) is 19.8 Å². The van der Waals surface area contributed by atoms with Crippen LogP contribution in [0.25, 0.3) is 11.5 Å². The number of benzene rings is 1. The molecule has 1 aromatic heterocycles. The number of piperidine rings is 1. The summed E-state index contributed by atoms with van der Waals surface area (Å²) in [7, 11) is 0. The molecule has 0 atom stereocenters. The Kier molecular flexibility index (Phi) is 5.26. The van der Waals surface area contributed by atoms with Gasteiger partial charge >= 0.3 is 0 Å². The maximum atomic E-state index is 12.6. The number of carbonyl (C=O) groups is 1. The molecule has 0 N–H and O–H groups in total. The van der Waals surface area contributed by atoms with Crippen LogP contribution in [-0.2, 0) is 16.1 Å². The predicted molar refractivity (Wildman–Crippen MR) is 95.1 cm³/mol. The first-order valence-electron chi connectivity index (χ1n) is 9.26. The lowest BCUT2D eigenvalue weighted by Gasteiger charge is -2.35. The van der Waals surface area contributed by atoms with Crippen molar-refractivity contribution in [3.8, 4) is 11.5 Å². The first-order chi connectivity index (χ1) is 12.8. The molecule has 4 rings (SSSR count). The minimum absolute atomic E-state index is 0.131. The maximum Gasteiger partial charge on any atom is 0.247 e. The van der Waals surface area contributed by atoms with Gasteiger partial charge in [0.2, 0.25) is 17.7 Å². The average Bonchev–Trinajstić information content (AvgIpc) is 3.18. The van der Waals surface area contributed by atoms with E-state index in [0.717, 1.165) is 44.6 Å². The SMILES string of the molecule is O=C(C1CCN(Cc2nnc(-c3ccccc3)o2)CC1)N1CCOCC1. The van der Waals surface area contributed by atoms with E-state index in [2.05, 4.69) is 15.1 Å². The van der Waals surface area contributed by atoms with Crippen LogP contribution >= 0.6 is 0 Å². The van der Waals surface area contributed by atoms with Gasteiger partial charge in [-0.25, -0.2) is 0 Å². The third-order valence-electron chi connectivity index (χ3n) is 5.11.